The van der Waals surface area contributed by atoms with Crippen LogP contribution in [-0.2, 0) is 4.74 Å². The molecule has 6 heteroatoms. The average molecular weight is 255 g/mol. The van der Waals surface area contributed by atoms with E-state index in [0.29, 0.717) is 16.6 Å². The maximum atomic E-state index is 11.4. The molecule has 2 heterocycles. The fourth-order valence-electron chi connectivity index (χ4n) is 1.94. The normalized spacial score (nSPS) is 16.8. The van der Waals surface area contributed by atoms with Crippen LogP contribution < -0.4 is 10.6 Å². The van der Waals surface area contributed by atoms with Crippen LogP contribution in [-0.4, -0.2) is 37.7 Å². The first kappa shape index (κ1) is 12.3. The van der Waals surface area contributed by atoms with Crippen LogP contribution in [0.1, 0.15) is 22.5 Å². The van der Waals surface area contributed by atoms with Gasteiger partial charge in [-0.25, -0.2) is 9.78 Å². The van der Waals surface area contributed by atoms with E-state index in [1.165, 1.54) is 31.3 Å². The molecule has 1 aromatic rings. The lowest BCUT2D eigenvalue weighted by atomic mass is 9.98. The summed E-state index contributed by atoms with van der Waals surface area (Å²) in [5.41, 5.74) is 1.66. The van der Waals surface area contributed by atoms with Crippen molar-refractivity contribution >= 4 is 23.1 Å². The number of methoxy groups -OCH3 is 1. The second kappa shape index (κ2) is 5.97. The maximum absolute atomic E-state index is 11.4. The van der Waals surface area contributed by atoms with E-state index < -0.39 is 0 Å². The van der Waals surface area contributed by atoms with E-state index in [1.54, 1.807) is 5.51 Å². The number of aromatic nitrogens is 1. The summed E-state index contributed by atoms with van der Waals surface area (Å²) in [6, 6.07) is 0. The van der Waals surface area contributed by atoms with Gasteiger partial charge in [-0.3, -0.25) is 0 Å². The quantitative estimate of drug-likeness (QED) is 0.795. The Labute approximate surface area is 105 Å². The molecule has 2 N–H and O–H groups in total. The highest BCUT2D eigenvalue weighted by atomic mass is 32.1. The molecule has 17 heavy (non-hydrogen) atoms. The lowest BCUT2D eigenvalue weighted by Crippen LogP contribution is -2.31. The lowest BCUT2D eigenvalue weighted by molar-refractivity contribution is 0.0607. The minimum atomic E-state index is -0.319. The van der Waals surface area contributed by atoms with Crippen LogP contribution in [0.4, 0.5) is 5.82 Å². The third kappa shape index (κ3) is 3.17. The predicted octanol–water partition coefficient (Wildman–Crippen LogP) is 1.34. The Hall–Kier alpha value is -1.14. The van der Waals surface area contributed by atoms with E-state index in [4.69, 9.17) is 4.74 Å². The molecule has 0 radical (unpaired) electrons. The van der Waals surface area contributed by atoms with Crippen molar-refractivity contribution in [3.8, 4) is 0 Å². The van der Waals surface area contributed by atoms with Gasteiger partial charge in [0.05, 0.1) is 12.6 Å². The Morgan fingerprint density at radius 1 is 1.65 bits per heavy atom. The second-order valence-electron chi connectivity index (χ2n) is 4.10. The van der Waals surface area contributed by atoms with Crippen molar-refractivity contribution in [3.05, 3.63) is 10.4 Å². The molecule has 0 amide bonds. The number of ether oxygens (including phenoxy) is 1. The molecule has 5 nitrogen and oxygen atoms in total. The van der Waals surface area contributed by atoms with Gasteiger partial charge in [0, 0.05) is 6.54 Å². The molecule has 1 saturated heterocycles. The molecule has 94 valence electrons. The van der Waals surface area contributed by atoms with E-state index >= 15 is 0 Å². The lowest BCUT2D eigenvalue weighted by Gasteiger charge is -2.22. The zero-order valence-corrected chi connectivity index (χ0v) is 10.7. The second-order valence-corrected chi connectivity index (χ2v) is 4.95. The van der Waals surface area contributed by atoms with Crippen LogP contribution in [0.3, 0.4) is 0 Å². The van der Waals surface area contributed by atoms with Gasteiger partial charge < -0.3 is 15.4 Å². The minimum Gasteiger partial charge on any atom is -0.465 e. The molecule has 0 spiro atoms. The number of piperidine rings is 1. The van der Waals surface area contributed by atoms with Gasteiger partial charge in [0.1, 0.15) is 0 Å². The number of anilines is 1. The van der Waals surface area contributed by atoms with E-state index in [1.807, 2.05) is 0 Å². The van der Waals surface area contributed by atoms with E-state index in [-0.39, 0.29) is 5.97 Å². The Morgan fingerprint density at radius 3 is 3.12 bits per heavy atom. The number of esters is 1. The van der Waals surface area contributed by atoms with E-state index in [2.05, 4.69) is 15.6 Å². The molecular formula is C11H17N3O2S. The number of hydrogen-bond acceptors (Lipinski definition) is 6. The molecule has 1 fully saturated rings. The van der Waals surface area contributed by atoms with Gasteiger partial charge in [0.2, 0.25) is 0 Å². The summed E-state index contributed by atoms with van der Waals surface area (Å²) in [7, 11) is 1.39. The van der Waals surface area contributed by atoms with E-state index in [9.17, 15) is 4.79 Å². The average Bonchev–Trinajstić information content (AvgIpc) is 2.85. The molecule has 2 rings (SSSR count). The monoisotopic (exact) mass is 255 g/mol. The number of carbonyl (C=O) groups is 1. The van der Waals surface area contributed by atoms with Gasteiger partial charge >= 0.3 is 5.97 Å². The standard InChI is InChI=1S/C11H17N3O2S/c1-16-11(15)9-10(14-7-17-9)13-6-8-2-4-12-5-3-8/h7-8,12-13H,2-6H2,1H3. The molecular weight excluding hydrogens is 238 g/mol. The van der Waals surface area contributed by atoms with Crippen LogP contribution in [0.15, 0.2) is 5.51 Å². The molecule has 0 aromatic carbocycles. The first-order chi connectivity index (χ1) is 8.31. The van der Waals surface area contributed by atoms with Crippen molar-refractivity contribution in [2.45, 2.75) is 12.8 Å². The van der Waals surface area contributed by atoms with Gasteiger partial charge in [-0.1, -0.05) is 0 Å². The SMILES string of the molecule is COC(=O)c1scnc1NCC1CCNCC1. The summed E-state index contributed by atoms with van der Waals surface area (Å²) in [4.78, 5) is 16.2. The topological polar surface area (TPSA) is 63.2 Å². The van der Waals surface area contributed by atoms with Crippen molar-refractivity contribution in [2.24, 2.45) is 5.92 Å². The zero-order chi connectivity index (χ0) is 12.1. The summed E-state index contributed by atoms with van der Waals surface area (Å²) in [6.07, 6.45) is 2.34. The third-order valence-corrected chi connectivity index (χ3v) is 3.76. The molecule has 0 bridgehead atoms. The minimum absolute atomic E-state index is 0.319. The zero-order valence-electron chi connectivity index (χ0n) is 9.86. The van der Waals surface area contributed by atoms with Crippen molar-refractivity contribution in [3.63, 3.8) is 0 Å². The summed E-state index contributed by atoms with van der Waals surface area (Å²) in [5, 5.41) is 6.58. The van der Waals surface area contributed by atoms with E-state index in [0.717, 1.165) is 19.6 Å². The fraction of sp³-hybridized carbons (Fsp3) is 0.636. The summed E-state index contributed by atoms with van der Waals surface area (Å²) in [5.74, 6) is 0.990. The molecule has 1 aromatic heterocycles. The smallest absolute Gasteiger partial charge is 0.351 e. The number of nitrogens with one attached hydrogen (secondary N) is 2. The molecule has 0 atom stereocenters. The summed E-state index contributed by atoms with van der Waals surface area (Å²) in [6.45, 7) is 3.02. The van der Waals surface area contributed by atoms with Gasteiger partial charge in [0.25, 0.3) is 0 Å². The number of nitrogens with zero attached hydrogens (tertiary/aromatic N) is 1. The summed E-state index contributed by atoms with van der Waals surface area (Å²) < 4.78 is 4.71. The van der Waals surface area contributed by atoms with Crippen LogP contribution in [0.25, 0.3) is 0 Å². The fourth-order valence-corrected chi connectivity index (χ4v) is 2.62. The Balaban J connectivity index is 1.89. The van der Waals surface area contributed by atoms with Crippen molar-refractivity contribution < 1.29 is 9.53 Å². The highest BCUT2D eigenvalue weighted by molar-refractivity contribution is 7.12. The van der Waals surface area contributed by atoms with Crippen LogP contribution >= 0.6 is 11.3 Å². The van der Waals surface area contributed by atoms with Crippen LogP contribution in [0.2, 0.25) is 0 Å². The summed E-state index contributed by atoms with van der Waals surface area (Å²) >= 11 is 1.31. The molecule has 0 aliphatic carbocycles. The Bertz CT molecular complexity index is 375. The van der Waals surface area contributed by atoms with Crippen LogP contribution in [0, 0.1) is 5.92 Å². The van der Waals surface area contributed by atoms with Gasteiger partial charge in [-0.2, -0.15) is 0 Å². The number of rotatable bonds is 4. The third-order valence-electron chi connectivity index (χ3n) is 2.96. The van der Waals surface area contributed by atoms with Gasteiger partial charge in [-0.15, -0.1) is 11.3 Å². The highest BCUT2D eigenvalue weighted by Crippen LogP contribution is 2.21. The number of carbonyl (C=O) groups excluding carboxylic acids is 1. The number of hydrogen-bond donors (Lipinski definition) is 2. The first-order valence-electron chi connectivity index (χ1n) is 5.77. The number of thiazole rings is 1. The molecule has 0 unspecified atom stereocenters. The molecule has 1 aliphatic heterocycles. The van der Waals surface area contributed by atoms with Gasteiger partial charge in [0.15, 0.2) is 10.7 Å². The predicted molar refractivity (Wildman–Crippen MR) is 67.5 cm³/mol. The molecule has 0 saturated carbocycles. The first-order valence-corrected chi connectivity index (χ1v) is 6.65. The largest absolute Gasteiger partial charge is 0.465 e. The van der Waals surface area contributed by atoms with Crippen molar-refractivity contribution in [1.29, 1.82) is 0 Å². The van der Waals surface area contributed by atoms with Gasteiger partial charge in [-0.05, 0) is 31.8 Å². The Morgan fingerprint density at radius 2 is 2.41 bits per heavy atom. The molecule has 1 aliphatic rings. The van der Waals surface area contributed by atoms with Crippen LogP contribution in [0.5, 0.6) is 0 Å². The van der Waals surface area contributed by atoms with Crippen molar-refractivity contribution in [1.82, 2.24) is 10.3 Å². The van der Waals surface area contributed by atoms with Crippen molar-refractivity contribution in [2.75, 3.05) is 32.1 Å². The Kier molecular flexibility index (Phi) is 4.33. The maximum Gasteiger partial charge on any atom is 0.351 e. The highest BCUT2D eigenvalue weighted by Gasteiger charge is 2.17.